The number of fused-ring (bicyclic) bond motifs is 1. The molecule has 0 bridgehead atoms. The van der Waals surface area contributed by atoms with Gasteiger partial charge in [-0.3, -0.25) is 0 Å². The first-order valence-electron chi connectivity index (χ1n) is 7.29. The summed E-state index contributed by atoms with van der Waals surface area (Å²) >= 11 is 0. The third kappa shape index (κ3) is 2.70. The van der Waals surface area contributed by atoms with Gasteiger partial charge in [-0.25, -0.2) is 8.78 Å². The molecule has 0 saturated carbocycles. The van der Waals surface area contributed by atoms with Crippen molar-refractivity contribution in [2.75, 3.05) is 0 Å². The van der Waals surface area contributed by atoms with E-state index < -0.39 is 17.7 Å². The molecule has 3 rings (SSSR count). The second-order valence-electron chi connectivity index (χ2n) is 5.77. The Bertz CT molecular complexity index is 679. The van der Waals surface area contributed by atoms with Crippen molar-refractivity contribution >= 4 is 0 Å². The van der Waals surface area contributed by atoms with Crippen LogP contribution in [0.3, 0.4) is 0 Å². The summed E-state index contributed by atoms with van der Waals surface area (Å²) in [5.74, 6) is -1.34. The highest BCUT2D eigenvalue weighted by atomic mass is 19.1. The van der Waals surface area contributed by atoms with E-state index in [1.54, 1.807) is 6.92 Å². The van der Waals surface area contributed by atoms with Crippen LogP contribution in [0.4, 0.5) is 8.78 Å². The van der Waals surface area contributed by atoms with Crippen molar-refractivity contribution in [2.24, 2.45) is 0 Å². The van der Waals surface area contributed by atoms with Crippen LogP contribution in [-0.4, -0.2) is 5.11 Å². The molecule has 3 heteroatoms. The van der Waals surface area contributed by atoms with E-state index in [-0.39, 0.29) is 12.0 Å². The minimum absolute atomic E-state index is 0.226. The van der Waals surface area contributed by atoms with Crippen LogP contribution in [0.15, 0.2) is 30.3 Å². The molecule has 1 unspecified atom stereocenters. The molecule has 1 N–H and O–H groups in total. The molecule has 0 heterocycles. The second kappa shape index (κ2) is 5.57. The molecule has 2 aromatic rings. The van der Waals surface area contributed by atoms with Gasteiger partial charge in [0.15, 0.2) is 0 Å². The lowest BCUT2D eigenvalue weighted by atomic mass is 9.97. The zero-order chi connectivity index (χ0) is 15.0. The van der Waals surface area contributed by atoms with E-state index in [1.807, 2.05) is 6.07 Å². The Kier molecular flexibility index (Phi) is 3.77. The lowest BCUT2D eigenvalue weighted by Gasteiger charge is -2.15. The zero-order valence-corrected chi connectivity index (χ0v) is 12.0. The van der Waals surface area contributed by atoms with E-state index in [1.165, 1.54) is 23.3 Å². The fraction of sp³-hybridized carbons (Fsp3) is 0.333. The van der Waals surface area contributed by atoms with Crippen LogP contribution in [-0.2, 0) is 19.3 Å². The van der Waals surface area contributed by atoms with E-state index >= 15 is 0 Å². The maximum atomic E-state index is 14.0. The van der Waals surface area contributed by atoms with E-state index in [9.17, 15) is 13.9 Å². The van der Waals surface area contributed by atoms with Crippen LogP contribution >= 0.6 is 0 Å². The van der Waals surface area contributed by atoms with Crippen LogP contribution in [0.5, 0.6) is 0 Å². The van der Waals surface area contributed by atoms with E-state index in [0.29, 0.717) is 5.56 Å². The number of aliphatic hydroxyl groups is 1. The molecule has 1 aliphatic rings. The Morgan fingerprint density at radius 2 is 1.86 bits per heavy atom. The molecular weight excluding hydrogens is 270 g/mol. The summed E-state index contributed by atoms with van der Waals surface area (Å²) in [6.45, 7) is 1.57. The van der Waals surface area contributed by atoms with Crippen molar-refractivity contribution in [3.8, 4) is 0 Å². The summed E-state index contributed by atoms with van der Waals surface area (Å²) in [6.07, 6.45) is 2.36. The van der Waals surface area contributed by atoms with Crippen LogP contribution < -0.4 is 0 Å². The van der Waals surface area contributed by atoms with Gasteiger partial charge >= 0.3 is 0 Å². The summed E-state index contributed by atoms with van der Waals surface area (Å²) in [7, 11) is 0. The lowest BCUT2D eigenvalue weighted by molar-refractivity contribution is 0.168. The Morgan fingerprint density at radius 1 is 1.10 bits per heavy atom. The highest BCUT2D eigenvalue weighted by Gasteiger charge is 2.20. The molecule has 0 radical (unpaired) electrons. The standard InChI is InChI=1S/C18H18F2O/c1-11-5-8-15(19)17(18(11)20)16(21)10-12-6-7-13-3-2-4-14(13)9-12/h5-9,16,21H,2-4,10H2,1H3. The maximum Gasteiger partial charge on any atom is 0.134 e. The minimum atomic E-state index is -1.16. The summed E-state index contributed by atoms with van der Waals surface area (Å²) < 4.78 is 27.8. The van der Waals surface area contributed by atoms with Crippen LogP contribution in [0, 0.1) is 18.6 Å². The van der Waals surface area contributed by atoms with Crippen molar-refractivity contribution in [1.82, 2.24) is 0 Å². The first kappa shape index (κ1) is 14.2. The van der Waals surface area contributed by atoms with Gasteiger partial charge in [-0.1, -0.05) is 24.3 Å². The largest absolute Gasteiger partial charge is 0.388 e. The van der Waals surface area contributed by atoms with Gasteiger partial charge in [-0.2, -0.15) is 0 Å². The molecule has 21 heavy (non-hydrogen) atoms. The molecule has 1 aliphatic carbocycles. The Morgan fingerprint density at radius 3 is 2.67 bits per heavy atom. The molecule has 2 aromatic carbocycles. The molecule has 110 valence electrons. The third-order valence-corrected chi connectivity index (χ3v) is 4.24. The van der Waals surface area contributed by atoms with Crippen molar-refractivity contribution in [1.29, 1.82) is 0 Å². The van der Waals surface area contributed by atoms with Gasteiger partial charge in [0.2, 0.25) is 0 Å². The fourth-order valence-corrected chi connectivity index (χ4v) is 3.06. The number of hydrogen-bond donors (Lipinski definition) is 1. The van der Waals surface area contributed by atoms with Crippen molar-refractivity contribution in [2.45, 2.75) is 38.7 Å². The Balaban J connectivity index is 1.87. The Labute approximate surface area is 123 Å². The van der Waals surface area contributed by atoms with Gasteiger partial charge in [0.25, 0.3) is 0 Å². The molecule has 0 saturated heterocycles. The van der Waals surface area contributed by atoms with Crippen molar-refractivity contribution in [3.63, 3.8) is 0 Å². The average molecular weight is 288 g/mol. The number of hydrogen-bond acceptors (Lipinski definition) is 1. The SMILES string of the molecule is Cc1ccc(F)c(C(O)Cc2ccc3c(c2)CCC3)c1F. The van der Waals surface area contributed by atoms with E-state index in [2.05, 4.69) is 12.1 Å². The highest BCUT2D eigenvalue weighted by molar-refractivity contribution is 5.36. The van der Waals surface area contributed by atoms with Crippen LogP contribution in [0.1, 0.15) is 40.3 Å². The Hall–Kier alpha value is -1.74. The average Bonchev–Trinajstić information content (AvgIpc) is 2.91. The first-order valence-corrected chi connectivity index (χ1v) is 7.29. The smallest absolute Gasteiger partial charge is 0.134 e. The summed E-state index contributed by atoms with van der Waals surface area (Å²) in [5.41, 5.74) is 3.68. The van der Waals surface area contributed by atoms with Crippen LogP contribution in [0.2, 0.25) is 0 Å². The summed E-state index contributed by atoms with van der Waals surface area (Å²) in [6, 6.07) is 8.65. The first-order chi connectivity index (χ1) is 10.1. The number of aliphatic hydroxyl groups excluding tert-OH is 1. The van der Waals surface area contributed by atoms with E-state index in [4.69, 9.17) is 0 Å². The number of aryl methyl sites for hydroxylation is 3. The van der Waals surface area contributed by atoms with Gasteiger partial charge in [-0.05, 0) is 54.5 Å². The molecule has 0 aliphatic heterocycles. The molecule has 0 spiro atoms. The predicted octanol–water partition coefficient (Wildman–Crippen LogP) is 4.04. The maximum absolute atomic E-state index is 14.0. The van der Waals surface area contributed by atoms with Gasteiger partial charge < -0.3 is 5.11 Å². The van der Waals surface area contributed by atoms with Gasteiger partial charge in [0.1, 0.15) is 11.6 Å². The molecule has 1 atom stereocenters. The molecular formula is C18H18F2O. The molecule has 0 fully saturated rings. The predicted molar refractivity (Wildman–Crippen MR) is 78.2 cm³/mol. The minimum Gasteiger partial charge on any atom is -0.388 e. The van der Waals surface area contributed by atoms with Gasteiger partial charge in [0, 0.05) is 6.42 Å². The van der Waals surface area contributed by atoms with E-state index in [0.717, 1.165) is 24.8 Å². The molecule has 0 amide bonds. The second-order valence-corrected chi connectivity index (χ2v) is 5.77. The summed E-state index contributed by atoms with van der Waals surface area (Å²) in [5, 5.41) is 10.2. The van der Waals surface area contributed by atoms with Crippen molar-refractivity contribution in [3.05, 3.63) is 69.8 Å². The monoisotopic (exact) mass is 288 g/mol. The quantitative estimate of drug-likeness (QED) is 0.903. The van der Waals surface area contributed by atoms with Gasteiger partial charge in [0.05, 0.1) is 11.7 Å². The number of halogens is 2. The fourth-order valence-electron chi connectivity index (χ4n) is 3.06. The lowest BCUT2D eigenvalue weighted by Crippen LogP contribution is -2.08. The number of benzene rings is 2. The van der Waals surface area contributed by atoms with Crippen LogP contribution in [0.25, 0.3) is 0 Å². The third-order valence-electron chi connectivity index (χ3n) is 4.24. The molecule has 1 nitrogen and oxygen atoms in total. The normalized spacial score (nSPS) is 15.0. The molecule has 0 aromatic heterocycles. The van der Waals surface area contributed by atoms with Crippen molar-refractivity contribution < 1.29 is 13.9 Å². The topological polar surface area (TPSA) is 20.2 Å². The zero-order valence-electron chi connectivity index (χ0n) is 12.0. The van der Waals surface area contributed by atoms with Gasteiger partial charge in [-0.15, -0.1) is 0 Å². The summed E-state index contributed by atoms with van der Waals surface area (Å²) in [4.78, 5) is 0. The number of rotatable bonds is 3. The highest BCUT2D eigenvalue weighted by Crippen LogP contribution is 2.28.